The van der Waals surface area contributed by atoms with Crippen LogP contribution in [-0.4, -0.2) is 0 Å². The number of thiophene rings is 1. The highest BCUT2D eigenvalue weighted by Gasteiger charge is 2.15. The van der Waals surface area contributed by atoms with Gasteiger partial charge in [-0.15, -0.1) is 22.9 Å². The highest BCUT2D eigenvalue weighted by Crippen LogP contribution is 2.38. The van der Waals surface area contributed by atoms with Gasteiger partial charge >= 0.3 is 0 Å². The van der Waals surface area contributed by atoms with Gasteiger partial charge in [0.15, 0.2) is 0 Å². The van der Waals surface area contributed by atoms with E-state index in [4.69, 9.17) is 11.6 Å². The standard InChI is InChI=1S/C12H9Br2ClS/c1-7-2-5-11(16-7)12(15)9-6-8(13)3-4-10(9)14/h2-6,12H,1H3. The van der Waals surface area contributed by atoms with Crippen molar-refractivity contribution in [1.29, 1.82) is 0 Å². The van der Waals surface area contributed by atoms with Crippen molar-refractivity contribution in [2.45, 2.75) is 12.3 Å². The normalized spacial score (nSPS) is 12.8. The smallest absolute Gasteiger partial charge is 0.0939 e. The minimum absolute atomic E-state index is 0.0921. The van der Waals surface area contributed by atoms with E-state index in [0.717, 1.165) is 14.5 Å². The topological polar surface area (TPSA) is 0 Å². The maximum atomic E-state index is 6.48. The summed E-state index contributed by atoms with van der Waals surface area (Å²) in [6.45, 7) is 2.09. The minimum atomic E-state index is -0.0921. The third-order valence-corrected chi connectivity index (χ3v) is 5.12. The molecule has 1 aromatic heterocycles. The summed E-state index contributed by atoms with van der Waals surface area (Å²) in [7, 11) is 0. The molecule has 0 aliphatic carbocycles. The molecule has 16 heavy (non-hydrogen) atoms. The van der Waals surface area contributed by atoms with E-state index in [0.29, 0.717) is 0 Å². The van der Waals surface area contributed by atoms with E-state index >= 15 is 0 Å². The summed E-state index contributed by atoms with van der Waals surface area (Å²) in [6.07, 6.45) is 0. The van der Waals surface area contributed by atoms with Gasteiger partial charge in [0.1, 0.15) is 0 Å². The Morgan fingerprint density at radius 2 is 1.94 bits per heavy atom. The molecule has 1 aromatic carbocycles. The van der Waals surface area contributed by atoms with E-state index in [-0.39, 0.29) is 5.38 Å². The number of benzene rings is 1. The summed E-state index contributed by atoms with van der Waals surface area (Å²) in [6, 6.07) is 10.2. The van der Waals surface area contributed by atoms with Crippen LogP contribution in [-0.2, 0) is 0 Å². The maximum absolute atomic E-state index is 6.48. The van der Waals surface area contributed by atoms with Crippen molar-refractivity contribution in [2.75, 3.05) is 0 Å². The van der Waals surface area contributed by atoms with E-state index in [1.165, 1.54) is 9.75 Å². The van der Waals surface area contributed by atoms with E-state index in [9.17, 15) is 0 Å². The fourth-order valence-electron chi connectivity index (χ4n) is 1.45. The Morgan fingerprint density at radius 3 is 2.56 bits per heavy atom. The zero-order chi connectivity index (χ0) is 11.7. The molecule has 1 heterocycles. The third kappa shape index (κ3) is 2.70. The molecule has 0 radical (unpaired) electrons. The summed E-state index contributed by atoms with van der Waals surface area (Å²) in [4.78, 5) is 2.46. The van der Waals surface area contributed by atoms with E-state index in [1.807, 2.05) is 12.1 Å². The molecule has 0 bridgehead atoms. The summed E-state index contributed by atoms with van der Waals surface area (Å²) in [5.41, 5.74) is 1.10. The summed E-state index contributed by atoms with van der Waals surface area (Å²) >= 11 is 15.2. The molecule has 0 nitrogen and oxygen atoms in total. The van der Waals surface area contributed by atoms with Crippen LogP contribution in [0.25, 0.3) is 0 Å². The molecule has 2 aromatic rings. The number of hydrogen-bond donors (Lipinski definition) is 0. The first kappa shape index (κ1) is 12.6. The molecule has 0 N–H and O–H groups in total. The lowest BCUT2D eigenvalue weighted by Crippen LogP contribution is -1.91. The molecule has 0 spiro atoms. The van der Waals surface area contributed by atoms with E-state index in [1.54, 1.807) is 11.3 Å². The zero-order valence-electron chi connectivity index (χ0n) is 8.51. The molecule has 0 aliphatic heterocycles. The van der Waals surface area contributed by atoms with E-state index < -0.39 is 0 Å². The molecule has 0 aliphatic rings. The van der Waals surface area contributed by atoms with Gasteiger partial charge < -0.3 is 0 Å². The highest BCUT2D eigenvalue weighted by atomic mass is 79.9. The molecule has 2 rings (SSSR count). The molecule has 84 valence electrons. The first-order chi connectivity index (χ1) is 7.58. The predicted octanol–water partition coefficient (Wildman–Crippen LogP) is 5.91. The molecular weight excluding hydrogens is 371 g/mol. The van der Waals surface area contributed by atoms with Crippen LogP contribution in [0.3, 0.4) is 0 Å². The summed E-state index contributed by atoms with van der Waals surface area (Å²) in [5, 5.41) is -0.0921. The first-order valence-electron chi connectivity index (χ1n) is 4.73. The Hall–Kier alpha value is 0.170. The van der Waals surface area contributed by atoms with Gasteiger partial charge in [-0.3, -0.25) is 0 Å². The lowest BCUT2D eigenvalue weighted by atomic mass is 10.1. The molecule has 0 saturated carbocycles. The number of rotatable bonds is 2. The van der Waals surface area contributed by atoms with Crippen molar-refractivity contribution in [2.24, 2.45) is 0 Å². The monoisotopic (exact) mass is 378 g/mol. The van der Waals surface area contributed by atoms with Gasteiger partial charge in [0, 0.05) is 18.7 Å². The number of alkyl halides is 1. The van der Waals surface area contributed by atoms with Crippen LogP contribution in [0.15, 0.2) is 39.3 Å². The second kappa shape index (κ2) is 5.21. The van der Waals surface area contributed by atoms with Crippen molar-refractivity contribution in [3.05, 3.63) is 54.6 Å². The average Bonchev–Trinajstić information content (AvgIpc) is 2.67. The molecule has 0 amide bonds. The Labute approximate surface area is 121 Å². The fraction of sp³-hybridized carbons (Fsp3) is 0.167. The summed E-state index contributed by atoms with van der Waals surface area (Å²) in [5.74, 6) is 0. The van der Waals surface area contributed by atoms with Crippen LogP contribution in [0.2, 0.25) is 0 Å². The van der Waals surface area contributed by atoms with Gasteiger partial charge in [-0.2, -0.15) is 0 Å². The Bertz CT molecular complexity index is 507. The van der Waals surface area contributed by atoms with Crippen molar-refractivity contribution in [3.63, 3.8) is 0 Å². The van der Waals surface area contributed by atoms with Gasteiger partial charge in [-0.05, 0) is 42.8 Å². The predicted molar refractivity (Wildman–Crippen MR) is 78.6 cm³/mol. The molecular formula is C12H9Br2ClS. The maximum Gasteiger partial charge on any atom is 0.0939 e. The number of hydrogen-bond acceptors (Lipinski definition) is 1. The van der Waals surface area contributed by atoms with Gasteiger partial charge in [0.2, 0.25) is 0 Å². The molecule has 0 fully saturated rings. The van der Waals surface area contributed by atoms with Gasteiger partial charge in [-0.1, -0.05) is 31.9 Å². The molecule has 1 atom stereocenters. The van der Waals surface area contributed by atoms with E-state index in [2.05, 4.69) is 57.0 Å². The number of aryl methyl sites for hydroxylation is 1. The average molecular weight is 381 g/mol. The second-order valence-electron chi connectivity index (χ2n) is 3.48. The van der Waals surface area contributed by atoms with Crippen LogP contribution in [0, 0.1) is 6.92 Å². The van der Waals surface area contributed by atoms with Crippen molar-refractivity contribution < 1.29 is 0 Å². The van der Waals surface area contributed by atoms with Gasteiger partial charge in [0.05, 0.1) is 5.38 Å². The van der Waals surface area contributed by atoms with Crippen molar-refractivity contribution in [1.82, 2.24) is 0 Å². The fourth-order valence-corrected chi connectivity index (χ4v) is 3.70. The zero-order valence-corrected chi connectivity index (χ0v) is 13.3. The second-order valence-corrected chi connectivity index (χ2v) is 7.00. The van der Waals surface area contributed by atoms with Crippen molar-refractivity contribution in [3.8, 4) is 0 Å². The van der Waals surface area contributed by atoms with Crippen LogP contribution < -0.4 is 0 Å². The molecule has 0 saturated heterocycles. The van der Waals surface area contributed by atoms with Crippen molar-refractivity contribution >= 4 is 54.8 Å². The summed E-state index contributed by atoms with van der Waals surface area (Å²) < 4.78 is 2.09. The quantitative estimate of drug-likeness (QED) is 0.568. The Kier molecular flexibility index (Phi) is 4.11. The number of halogens is 3. The molecule has 1 unspecified atom stereocenters. The van der Waals surface area contributed by atoms with Crippen LogP contribution >= 0.6 is 54.8 Å². The van der Waals surface area contributed by atoms with Crippen LogP contribution in [0.4, 0.5) is 0 Å². The Balaban J connectivity index is 2.40. The SMILES string of the molecule is Cc1ccc(C(Cl)c2cc(Br)ccc2Br)s1. The van der Waals surface area contributed by atoms with Gasteiger partial charge in [0.25, 0.3) is 0 Å². The van der Waals surface area contributed by atoms with Crippen LogP contribution in [0.5, 0.6) is 0 Å². The lowest BCUT2D eigenvalue weighted by molar-refractivity contribution is 1.16. The van der Waals surface area contributed by atoms with Crippen LogP contribution in [0.1, 0.15) is 20.7 Å². The first-order valence-corrected chi connectivity index (χ1v) is 7.57. The minimum Gasteiger partial charge on any atom is -0.144 e. The lowest BCUT2D eigenvalue weighted by Gasteiger charge is -2.10. The third-order valence-electron chi connectivity index (χ3n) is 2.24. The van der Waals surface area contributed by atoms with Gasteiger partial charge in [-0.25, -0.2) is 0 Å². The Morgan fingerprint density at radius 1 is 1.19 bits per heavy atom. The largest absolute Gasteiger partial charge is 0.144 e. The highest BCUT2D eigenvalue weighted by molar-refractivity contribution is 9.11. The molecule has 4 heteroatoms.